The third-order valence-electron chi connectivity index (χ3n) is 5.02. The highest BCUT2D eigenvalue weighted by atomic mass is 16.6. The lowest BCUT2D eigenvalue weighted by atomic mass is 10.0. The van der Waals surface area contributed by atoms with Crippen molar-refractivity contribution >= 4 is 35.7 Å². The molecule has 0 spiro atoms. The molecule has 0 unspecified atom stereocenters. The number of alkyl carbamates (subject to hydrolysis) is 2. The van der Waals surface area contributed by atoms with Crippen LogP contribution in [0.1, 0.15) is 53.0 Å². The minimum absolute atomic E-state index is 0.0562. The van der Waals surface area contributed by atoms with E-state index in [0.717, 1.165) is 0 Å². The lowest BCUT2D eigenvalue weighted by molar-refractivity contribution is -0.128. The second-order valence-corrected chi connectivity index (χ2v) is 9.87. The number of hydrogen-bond donors (Lipinski definition) is 6. The van der Waals surface area contributed by atoms with E-state index < -0.39 is 47.7 Å². The Hall–Kier alpha value is -4.03. The van der Waals surface area contributed by atoms with Gasteiger partial charge in [0, 0.05) is 19.3 Å². The largest absolute Gasteiger partial charge is 0.445 e. The maximum absolute atomic E-state index is 13.1. The van der Waals surface area contributed by atoms with Gasteiger partial charge in [-0.2, -0.15) is 0 Å². The molecular formula is C25H40N6O7. The highest BCUT2D eigenvalue weighted by Gasteiger charge is 2.30. The number of nitrogens with two attached hydrogens (primary N) is 1. The van der Waals surface area contributed by atoms with Gasteiger partial charge in [-0.25, -0.2) is 14.4 Å². The third-order valence-corrected chi connectivity index (χ3v) is 5.02. The first-order chi connectivity index (χ1) is 17.7. The minimum Gasteiger partial charge on any atom is -0.445 e. The number of carbonyl (C=O) groups excluding carboxylic acids is 5. The van der Waals surface area contributed by atoms with E-state index in [1.165, 1.54) is 7.05 Å². The number of rotatable bonds is 12. The summed E-state index contributed by atoms with van der Waals surface area (Å²) in [5.74, 6) is -1.35. The van der Waals surface area contributed by atoms with Crippen molar-refractivity contribution < 1.29 is 33.4 Å². The van der Waals surface area contributed by atoms with Gasteiger partial charge in [-0.05, 0) is 57.2 Å². The summed E-state index contributed by atoms with van der Waals surface area (Å²) in [6.07, 6.45) is -0.776. The second-order valence-electron chi connectivity index (χ2n) is 9.87. The molecule has 1 aromatic carbocycles. The van der Waals surface area contributed by atoms with Crippen molar-refractivity contribution in [3.8, 4) is 0 Å². The van der Waals surface area contributed by atoms with Crippen LogP contribution in [0.25, 0.3) is 0 Å². The van der Waals surface area contributed by atoms with Gasteiger partial charge in [-0.1, -0.05) is 26.0 Å². The van der Waals surface area contributed by atoms with Crippen molar-refractivity contribution in [1.29, 1.82) is 0 Å². The van der Waals surface area contributed by atoms with Crippen molar-refractivity contribution in [2.75, 3.05) is 18.9 Å². The van der Waals surface area contributed by atoms with Crippen LogP contribution >= 0.6 is 0 Å². The molecule has 2 atom stereocenters. The molecule has 0 fully saturated rings. The van der Waals surface area contributed by atoms with E-state index in [9.17, 15) is 24.0 Å². The van der Waals surface area contributed by atoms with Gasteiger partial charge in [-0.15, -0.1) is 0 Å². The molecule has 0 radical (unpaired) electrons. The van der Waals surface area contributed by atoms with E-state index in [0.29, 0.717) is 17.7 Å². The van der Waals surface area contributed by atoms with Gasteiger partial charge >= 0.3 is 18.2 Å². The number of urea groups is 1. The topological polar surface area (TPSA) is 190 Å². The summed E-state index contributed by atoms with van der Waals surface area (Å²) in [4.78, 5) is 60.6. The Labute approximate surface area is 222 Å². The Bertz CT molecular complexity index is 960. The zero-order chi connectivity index (χ0) is 28.9. The maximum Gasteiger partial charge on any atom is 0.408 e. The summed E-state index contributed by atoms with van der Waals surface area (Å²) < 4.78 is 10.2. The van der Waals surface area contributed by atoms with E-state index in [1.54, 1.807) is 58.9 Å². The summed E-state index contributed by atoms with van der Waals surface area (Å²) in [5.41, 5.74) is 5.51. The standard InChI is InChI=1S/C25H40N6O7/c1-15(2)19(31-24(36)38-25(3,4)5)21(33)30-18(8-7-13-28-22(26)34)20(32)29-17-11-9-16(10-12-17)14-37-23(35)27-6/h9-12,15,18-19H,7-8,13-14H2,1-6H3,(H,27,35)(H,29,32)(H,30,33)(H,31,36)(H3,26,28,34)/t18-,19-/m0/s1. The number of amides is 6. The molecule has 1 rings (SSSR count). The third kappa shape index (κ3) is 12.8. The predicted molar refractivity (Wildman–Crippen MR) is 141 cm³/mol. The fraction of sp³-hybridized carbons (Fsp3) is 0.560. The first kappa shape index (κ1) is 32.0. The van der Waals surface area contributed by atoms with Crippen LogP contribution in [0.15, 0.2) is 24.3 Å². The summed E-state index contributed by atoms with van der Waals surface area (Å²) in [5, 5.41) is 12.8. The Kier molecular flexibility index (Phi) is 12.9. The fourth-order valence-electron chi connectivity index (χ4n) is 3.15. The average molecular weight is 537 g/mol. The van der Waals surface area contributed by atoms with Gasteiger partial charge in [0.1, 0.15) is 24.3 Å². The molecule has 212 valence electrons. The van der Waals surface area contributed by atoms with Gasteiger partial charge in [0.25, 0.3) is 0 Å². The first-order valence-corrected chi connectivity index (χ1v) is 12.3. The van der Waals surface area contributed by atoms with Crippen LogP contribution in [0.3, 0.4) is 0 Å². The number of anilines is 1. The second kappa shape index (κ2) is 15.3. The molecule has 0 bridgehead atoms. The number of carbonyl (C=O) groups is 5. The van der Waals surface area contributed by atoms with Gasteiger partial charge in [0.15, 0.2) is 0 Å². The van der Waals surface area contributed by atoms with Crippen LogP contribution < -0.4 is 32.3 Å². The highest BCUT2D eigenvalue weighted by Crippen LogP contribution is 2.13. The number of ether oxygens (including phenoxy) is 2. The lowest BCUT2D eigenvalue weighted by Crippen LogP contribution is -2.55. The van der Waals surface area contributed by atoms with E-state index in [-0.39, 0.29) is 25.5 Å². The molecule has 13 nitrogen and oxygen atoms in total. The van der Waals surface area contributed by atoms with Crippen LogP contribution in [-0.4, -0.2) is 61.3 Å². The molecule has 1 aromatic rings. The number of hydrogen-bond acceptors (Lipinski definition) is 7. The molecule has 7 N–H and O–H groups in total. The molecule has 38 heavy (non-hydrogen) atoms. The van der Waals surface area contributed by atoms with Gasteiger partial charge in [0.05, 0.1) is 0 Å². The summed E-state index contributed by atoms with van der Waals surface area (Å²) in [6.45, 7) is 8.89. The number of nitrogens with one attached hydrogen (secondary N) is 5. The molecule has 0 aromatic heterocycles. The van der Waals surface area contributed by atoms with E-state index >= 15 is 0 Å². The Morgan fingerprint density at radius 3 is 2.11 bits per heavy atom. The van der Waals surface area contributed by atoms with Crippen LogP contribution in [-0.2, 0) is 25.7 Å². The van der Waals surface area contributed by atoms with Crippen LogP contribution in [0.5, 0.6) is 0 Å². The lowest BCUT2D eigenvalue weighted by Gasteiger charge is -2.27. The smallest absolute Gasteiger partial charge is 0.408 e. The summed E-state index contributed by atoms with van der Waals surface area (Å²) in [6, 6.07) is 4.00. The van der Waals surface area contributed by atoms with Crippen molar-refractivity contribution in [3.05, 3.63) is 29.8 Å². The minimum atomic E-state index is -0.977. The van der Waals surface area contributed by atoms with E-state index in [2.05, 4.69) is 26.6 Å². The Morgan fingerprint density at radius 1 is 0.947 bits per heavy atom. The van der Waals surface area contributed by atoms with Crippen LogP contribution in [0.2, 0.25) is 0 Å². The SMILES string of the molecule is CNC(=O)OCc1ccc(NC(=O)[C@H](CCCNC(N)=O)NC(=O)[C@@H](NC(=O)OC(C)(C)C)C(C)C)cc1. The zero-order valence-electron chi connectivity index (χ0n) is 22.8. The molecule has 0 aliphatic heterocycles. The molecule has 0 aliphatic rings. The summed E-state index contributed by atoms with van der Waals surface area (Å²) >= 11 is 0. The normalized spacial score (nSPS) is 12.5. The van der Waals surface area contributed by atoms with Crippen molar-refractivity contribution in [3.63, 3.8) is 0 Å². The van der Waals surface area contributed by atoms with Gasteiger partial charge < -0.3 is 41.8 Å². The fourth-order valence-corrected chi connectivity index (χ4v) is 3.15. The van der Waals surface area contributed by atoms with Crippen molar-refractivity contribution in [1.82, 2.24) is 21.3 Å². The predicted octanol–water partition coefficient (Wildman–Crippen LogP) is 1.96. The van der Waals surface area contributed by atoms with E-state index in [1.807, 2.05) is 0 Å². The molecule has 0 aliphatic carbocycles. The number of benzene rings is 1. The quantitative estimate of drug-likeness (QED) is 0.220. The maximum atomic E-state index is 13.1. The molecule has 0 saturated heterocycles. The first-order valence-electron chi connectivity index (χ1n) is 12.3. The molecule has 6 amide bonds. The zero-order valence-corrected chi connectivity index (χ0v) is 22.8. The van der Waals surface area contributed by atoms with Gasteiger partial charge in [0.2, 0.25) is 11.8 Å². The summed E-state index contributed by atoms with van der Waals surface area (Å²) in [7, 11) is 1.46. The molecule has 0 heterocycles. The molecule has 13 heteroatoms. The van der Waals surface area contributed by atoms with E-state index in [4.69, 9.17) is 15.2 Å². The van der Waals surface area contributed by atoms with Gasteiger partial charge in [-0.3, -0.25) is 9.59 Å². The number of primary amides is 1. The van der Waals surface area contributed by atoms with Crippen LogP contribution in [0.4, 0.5) is 20.1 Å². The average Bonchev–Trinajstić information content (AvgIpc) is 2.82. The van der Waals surface area contributed by atoms with Crippen LogP contribution in [0, 0.1) is 5.92 Å². The molecule has 0 saturated carbocycles. The Morgan fingerprint density at radius 2 is 1.58 bits per heavy atom. The monoisotopic (exact) mass is 536 g/mol. The Balaban J connectivity index is 2.93. The van der Waals surface area contributed by atoms with Crippen molar-refractivity contribution in [2.45, 2.75) is 71.8 Å². The van der Waals surface area contributed by atoms with Crippen molar-refractivity contribution in [2.24, 2.45) is 11.7 Å². The molecular weight excluding hydrogens is 496 g/mol. The highest BCUT2D eigenvalue weighted by molar-refractivity contribution is 5.98.